The van der Waals surface area contributed by atoms with Crippen LogP contribution in [0.5, 0.6) is 0 Å². The number of benzene rings is 1. The van der Waals surface area contributed by atoms with E-state index in [0.717, 1.165) is 36.1 Å². The first-order valence-corrected chi connectivity index (χ1v) is 6.30. The number of alkyl halides is 3. The maximum atomic E-state index is 12.5. The van der Waals surface area contributed by atoms with Crippen LogP contribution in [-0.4, -0.2) is 5.78 Å². The van der Waals surface area contributed by atoms with Gasteiger partial charge >= 0.3 is 6.18 Å². The lowest BCUT2D eigenvalue weighted by molar-refractivity contribution is -0.137. The van der Waals surface area contributed by atoms with Crippen molar-refractivity contribution in [2.45, 2.75) is 38.3 Å². The minimum Gasteiger partial charge on any atom is -0.295 e. The highest BCUT2D eigenvalue weighted by Crippen LogP contribution is 2.37. The maximum absolute atomic E-state index is 12.5. The average Bonchev–Trinajstić information content (AvgIpc) is 2.37. The second kappa shape index (κ2) is 5.19. The van der Waals surface area contributed by atoms with E-state index in [-0.39, 0.29) is 11.7 Å². The number of hydrogen-bond acceptors (Lipinski definition) is 1. The quantitative estimate of drug-likeness (QED) is 0.686. The summed E-state index contributed by atoms with van der Waals surface area (Å²) in [5, 5.41) is 0. The summed E-state index contributed by atoms with van der Waals surface area (Å²) in [6.07, 6.45) is -0.385. The van der Waals surface area contributed by atoms with E-state index < -0.39 is 11.7 Å². The van der Waals surface area contributed by atoms with Gasteiger partial charge in [-0.1, -0.05) is 18.2 Å². The topological polar surface area (TPSA) is 17.1 Å². The molecule has 0 N–H and O–H groups in total. The predicted molar refractivity (Wildman–Crippen MR) is 66.8 cm³/mol. The lowest BCUT2D eigenvalue weighted by Crippen LogP contribution is -2.17. The highest BCUT2D eigenvalue weighted by atomic mass is 19.4. The standard InChI is InChI=1S/C15H15F3O/c1-2-12-13(4-3-5-14(12)19)10-6-8-11(9-7-10)15(16,17)18/h2,6-9,13H,3-5H2,1H3/b12-2+. The summed E-state index contributed by atoms with van der Waals surface area (Å²) in [7, 11) is 0. The normalized spacial score (nSPS) is 22.8. The summed E-state index contributed by atoms with van der Waals surface area (Å²) in [5.74, 6) is 0.0483. The van der Waals surface area contributed by atoms with Gasteiger partial charge in [0.2, 0.25) is 0 Å². The van der Waals surface area contributed by atoms with Gasteiger partial charge in [-0.05, 0) is 43.0 Å². The molecular formula is C15H15F3O. The number of carbonyl (C=O) groups excluding carboxylic acids is 1. The molecule has 0 aliphatic heterocycles. The fraction of sp³-hybridized carbons (Fsp3) is 0.400. The Balaban J connectivity index is 2.29. The van der Waals surface area contributed by atoms with Gasteiger partial charge in [0.1, 0.15) is 0 Å². The van der Waals surface area contributed by atoms with E-state index in [1.807, 2.05) is 0 Å². The van der Waals surface area contributed by atoms with Crippen LogP contribution in [0.1, 0.15) is 43.2 Å². The number of ketones is 1. The fourth-order valence-corrected chi connectivity index (χ4v) is 2.57. The molecule has 2 rings (SSSR count). The van der Waals surface area contributed by atoms with E-state index in [1.54, 1.807) is 13.0 Å². The van der Waals surface area contributed by atoms with Crippen LogP contribution in [-0.2, 0) is 11.0 Å². The Morgan fingerprint density at radius 3 is 2.37 bits per heavy atom. The Hall–Kier alpha value is -1.58. The Labute approximate surface area is 110 Å². The molecule has 1 aliphatic carbocycles. The third-order valence-corrected chi connectivity index (χ3v) is 3.55. The number of Topliss-reactive ketones (excluding diaryl/α,β-unsaturated/α-hetero) is 1. The Morgan fingerprint density at radius 2 is 1.84 bits per heavy atom. The van der Waals surface area contributed by atoms with Crippen molar-refractivity contribution >= 4 is 5.78 Å². The van der Waals surface area contributed by atoms with E-state index in [4.69, 9.17) is 0 Å². The Kier molecular flexibility index (Phi) is 3.78. The van der Waals surface area contributed by atoms with Crippen molar-refractivity contribution in [1.29, 1.82) is 0 Å². The molecule has 1 saturated carbocycles. The molecule has 0 saturated heterocycles. The van der Waals surface area contributed by atoms with E-state index in [2.05, 4.69) is 0 Å². The lowest BCUT2D eigenvalue weighted by Gasteiger charge is -2.24. The molecule has 1 unspecified atom stereocenters. The molecule has 1 aromatic rings. The molecule has 1 atom stereocenters. The average molecular weight is 268 g/mol. The SMILES string of the molecule is C/C=C1/C(=O)CCCC1c1ccc(C(F)(F)F)cc1. The van der Waals surface area contributed by atoms with Crippen LogP contribution in [0.2, 0.25) is 0 Å². The molecule has 0 heterocycles. The van der Waals surface area contributed by atoms with E-state index in [1.165, 1.54) is 12.1 Å². The molecule has 0 amide bonds. The third kappa shape index (κ3) is 2.88. The number of carbonyl (C=O) groups is 1. The van der Waals surface area contributed by atoms with E-state index >= 15 is 0 Å². The second-order valence-corrected chi connectivity index (χ2v) is 4.73. The van der Waals surface area contributed by atoms with Crippen LogP contribution in [0.25, 0.3) is 0 Å². The van der Waals surface area contributed by atoms with E-state index in [9.17, 15) is 18.0 Å². The monoisotopic (exact) mass is 268 g/mol. The van der Waals surface area contributed by atoms with Gasteiger partial charge in [0.05, 0.1) is 5.56 Å². The molecule has 0 bridgehead atoms. The van der Waals surface area contributed by atoms with Gasteiger partial charge in [0.15, 0.2) is 5.78 Å². The molecule has 19 heavy (non-hydrogen) atoms. The molecule has 0 aromatic heterocycles. The Bertz CT molecular complexity index is 497. The predicted octanol–water partition coefficient (Wildman–Crippen LogP) is 4.49. The van der Waals surface area contributed by atoms with Gasteiger partial charge in [-0.3, -0.25) is 4.79 Å². The molecular weight excluding hydrogens is 253 g/mol. The number of halogens is 3. The second-order valence-electron chi connectivity index (χ2n) is 4.73. The first-order valence-electron chi connectivity index (χ1n) is 6.30. The van der Waals surface area contributed by atoms with Crippen molar-refractivity contribution < 1.29 is 18.0 Å². The minimum atomic E-state index is -4.32. The minimum absolute atomic E-state index is 0.0615. The summed E-state index contributed by atoms with van der Waals surface area (Å²) < 4.78 is 37.5. The first kappa shape index (κ1) is 13.8. The Morgan fingerprint density at radius 1 is 1.21 bits per heavy atom. The molecule has 0 spiro atoms. The number of allylic oxidation sites excluding steroid dienone is 2. The van der Waals surface area contributed by atoms with Crippen molar-refractivity contribution in [3.8, 4) is 0 Å². The van der Waals surface area contributed by atoms with Gasteiger partial charge in [0.25, 0.3) is 0 Å². The van der Waals surface area contributed by atoms with Gasteiger partial charge in [-0.25, -0.2) is 0 Å². The van der Waals surface area contributed by atoms with Gasteiger partial charge in [0, 0.05) is 12.3 Å². The first-order chi connectivity index (χ1) is 8.93. The number of rotatable bonds is 1. The third-order valence-electron chi connectivity index (χ3n) is 3.55. The van der Waals surface area contributed by atoms with Crippen molar-refractivity contribution in [2.75, 3.05) is 0 Å². The van der Waals surface area contributed by atoms with Crippen molar-refractivity contribution in [2.24, 2.45) is 0 Å². The summed E-state index contributed by atoms with van der Waals surface area (Å²) in [4.78, 5) is 11.8. The zero-order valence-corrected chi connectivity index (χ0v) is 10.6. The molecule has 0 radical (unpaired) electrons. The molecule has 4 heteroatoms. The molecule has 1 nitrogen and oxygen atoms in total. The zero-order valence-electron chi connectivity index (χ0n) is 10.6. The van der Waals surface area contributed by atoms with Crippen LogP contribution in [0.3, 0.4) is 0 Å². The van der Waals surface area contributed by atoms with Crippen LogP contribution in [0.15, 0.2) is 35.9 Å². The van der Waals surface area contributed by atoms with Crippen LogP contribution >= 0.6 is 0 Å². The molecule has 1 fully saturated rings. The summed E-state index contributed by atoms with van der Waals surface area (Å²) in [6.45, 7) is 1.80. The highest BCUT2D eigenvalue weighted by molar-refractivity contribution is 5.97. The van der Waals surface area contributed by atoms with Crippen LogP contribution in [0.4, 0.5) is 13.2 Å². The molecule has 1 aromatic carbocycles. The number of hydrogen-bond donors (Lipinski definition) is 0. The van der Waals surface area contributed by atoms with Gasteiger partial charge in [-0.2, -0.15) is 13.2 Å². The molecule has 102 valence electrons. The summed E-state index contributed by atoms with van der Waals surface area (Å²) in [6, 6.07) is 5.13. The van der Waals surface area contributed by atoms with Crippen molar-refractivity contribution in [1.82, 2.24) is 0 Å². The molecule has 1 aliphatic rings. The van der Waals surface area contributed by atoms with Crippen molar-refractivity contribution in [3.63, 3.8) is 0 Å². The maximum Gasteiger partial charge on any atom is 0.416 e. The fourth-order valence-electron chi connectivity index (χ4n) is 2.57. The summed E-state index contributed by atoms with van der Waals surface area (Å²) in [5.41, 5.74) is 0.862. The van der Waals surface area contributed by atoms with Gasteiger partial charge < -0.3 is 0 Å². The van der Waals surface area contributed by atoms with Crippen molar-refractivity contribution in [3.05, 3.63) is 47.0 Å². The zero-order chi connectivity index (χ0) is 14.0. The largest absolute Gasteiger partial charge is 0.416 e. The van der Waals surface area contributed by atoms with Crippen LogP contribution in [0, 0.1) is 0 Å². The summed E-state index contributed by atoms with van der Waals surface area (Å²) >= 11 is 0. The van der Waals surface area contributed by atoms with Crippen LogP contribution < -0.4 is 0 Å². The smallest absolute Gasteiger partial charge is 0.295 e. The lowest BCUT2D eigenvalue weighted by atomic mass is 9.79. The highest BCUT2D eigenvalue weighted by Gasteiger charge is 2.31. The van der Waals surface area contributed by atoms with E-state index in [0.29, 0.717) is 6.42 Å². The van der Waals surface area contributed by atoms with Gasteiger partial charge in [-0.15, -0.1) is 0 Å².